The second-order valence-corrected chi connectivity index (χ2v) is 30.8. The largest absolute Gasteiger partial charge is 0.336 e. The lowest BCUT2D eigenvalue weighted by molar-refractivity contribution is 0.557. The molecular weight excluding hydrogens is 1130 g/mol. The molecule has 0 amide bonds. The van der Waals surface area contributed by atoms with Crippen molar-refractivity contribution in [2.75, 3.05) is 14.7 Å². The lowest BCUT2D eigenvalue weighted by Gasteiger charge is -2.40. The highest BCUT2D eigenvalue weighted by atomic mass is 19.1. The number of hydrogen-bond acceptors (Lipinski definition) is 3. The summed E-state index contributed by atoms with van der Waals surface area (Å²) in [5.74, 6) is 0.177. The first-order chi connectivity index (χ1) is 44.9. The average Bonchev–Trinajstić information content (AvgIpc) is 1.57. The van der Waals surface area contributed by atoms with Crippen LogP contribution in [0.5, 0.6) is 0 Å². The number of benzene rings is 10. The second-order valence-electron chi connectivity index (χ2n) is 30.8. The second kappa shape index (κ2) is 24.5. The predicted molar refractivity (Wildman–Crippen MR) is 400 cm³/mol. The number of halogens is 1. The molecular formula is C89H100FN3. The summed E-state index contributed by atoms with van der Waals surface area (Å²) in [5.41, 5.74) is 31.3. The van der Waals surface area contributed by atoms with Crippen LogP contribution < -0.4 is 14.7 Å². The molecule has 0 heterocycles. The van der Waals surface area contributed by atoms with Gasteiger partial charge in [-0.25, -0.2) is 4.39 Å². The van der Waals surface area contributed by atoms with E-state index in [1.54, 1.807) is 12.1 Å². The molecule has 0 fully saturated rings. The van der Waals surface area contributed by atoms with Crippen molar-refractivity contribution in [3.05, 3.63) is 272 Å². The highest BCUT2D eigenvalue weighted by Gasteiger charge is 2.41. The zero-order valence-electron chi connectivity index (χ0n) is 62.3. The van der Waals surface area contributed by atoms with Crippen LogP contribution >= 0.6 is 0 Å². The predicted octanol–water partition coefficient (Wildman–Crippen LogP) is 25.2. The Morgan fingerprint density at radius 1 is 0.355 bits per heavy atom. The molecule has 4 heteroatoms. The molecule has 0 saturated carbocycles. The van der Waals surface area contributed by atoms with E-state index in [4.69, 9.17) is 4.11 Å². The number of para-hydroxylation sites is 2. The van der Waals surface area contributed by atoms with E-state index in [1.165, 1.54) is 106 Å². The van der Waals surface area contributed by atoms with Crippen molar-refractivity contribution >= 4 is 34.1 Å². The fourth-order valence-corrected chi connectivity index (χ4v) is 15.2. The lowest BCUT2D eigenvalue weighted by atomic mass is 9.80. The van der Waals surface area contributed by atoms with E-state index in [9.17, 15) is 0 Å². The molecule has 0 spiro atoms. The summed E-state index contributed by atoms with van der Waals surface area (Å²) in [6, 6.07) is 67.9. The number of nitrogens with zero attached hydrogens (tertiary/aromatic N) is 3. The fraction of sp³-hybridized carbons (Fsp3) is 0.326. The maximum Gasteiger partial charge on any atom is 0.147 e. The minimum absolute atomic E-state index is 0.00664. The van der Waals surface area contributed by atoms with E-state index in [2.05, 4.69) is 257 Å². The maximum atomic E-state index is 16.0. The number of fused-ring (bicyclic) bond motifs is 9. The van der Waals surface area contributed by atoms with Crippen molar-refractivity contribution in [2.45, 2.75) is 192 Å². The van der Waals surface area contributed by atoms with Gasteiger partial charge < -0.3 is 14.7 Å². The first-order valence-electron chi connectivity index (χ1n) is 35.2. The van der Waals surface area contributed by atoms with E-state index in [-0.39, 0.29) is 44.7 Å². The van der Waals surface area contributed by atoms with Crippen LogP contribution in [0, 0.1) is 47.3 Å². The summed E-state index contributed by atoms with van der Waals surface area (Å²) in [4.78, 5) is 6.88. The Morgan fingerprint density at radius 2 is 0.796 bits per heavy atom. The van der Waals surface area contributed by atoms with Crippen LogP contribution in [0.15, 0.2) is 194 Å². The molecule has 3 aliphatic rings. The van der Waals surface area contributed by atoms with Gasteiger partial charge in [0.05, 0.1) is 5.69 Å². The highest BCUT2D eigenvalue weighted by molar-refractivity contribution is 5.89. The number of aryl methyl sites for hydroxylation is 6. The standard InChI is InChI=1S/C31H30FN.C30H37N.C28H33N/c1-20(2)33(29-17-23(16-15-21(29)3)22-11-7-6-8-12-22)30-19-27-25(18-28(30)32)24-13-9-10-14-26(24)31(27,4)5;1-19(2)22-14-15-23-24-16-21(4)28(18-26(24)30(8,9)25(23)17-22)31(29(5,6)7)27-13-11-10-12-20(27)3;1-18-13-14-21-22-16-20(3)26(17-24(22)28(7,8)23(21)15-18)29(27(4,5)6)25-12-10-9-11-19(25)2/h6-20H,1-5H3;10-19H,1-9H3;9-17H,1-8H3/i3D3;;. The van der Waals surface area contributed by atoms with Gasteiger partial charge in [0.25, 0.3) is 0 Å². The van der Waals surface area contributed by atoms with Crippen LogP contribution in [0.4, 0.5) is 38.5 Å². The van der Waals surface area contributed by atoms with E-state index in [0.29, 0.717) is 17.3 Å². The molecule has 0 unspecified atom stereocenters. The molecule has 0 bridgehead atoms. The fourth-order valence-electron chi connectivity index (χ4n) is 15.2. The van der Waals surface area contributed by atoms with Gasteiger partial charge in [-0.05, 0) is 269 Å². The van der Waals surface area contributed by atoms with Gasteiger partial charge in [0, 0.05) is 65.9 Å². The SMILES string of the molecule is Cc1ccc2c(c1)C(C)(C)c1cc(N(c3ccccc3C)C(C)(C)C)c(C)cc1-2.Cc1ccccc1N(c1cc2c(cc1C)-c1ccc(C(C)C)cc1C2(C)C)C(C)(C)C.[2H]C([2H])([2H])c1ccc(-c2ccccc2)cc1N(c1cc2c(cc1F)-c1ccccc1C2(C)C)C(C)C. The van der Waals surface area contributed by atoms with Gasteiger partial charge >= 0.3 is 0 Å². The normalized spacial score (nSPS) is 14.8. The summed E-state index contributed by atoms with van der Waals surface area (Å²) >= 11 is 0. The Hall–Kier alpha value is -8.47. The first kappa shape index (κ1) is 62.0. The molecule has 0 aliphatic heterocycles. The topological polar surface area (TPSA) is 9.72 Å². The Bertz CT molecular complexity index is 4600. The van der Waals surface area contributed by atoms with Gasteiger partial charge in [0.1, 0.15) is 5.82 Å². The Morgan fingerprint density at radius 3 is 1.30 bits per heavy atom. The number of rotatable bonds is 9. The van der Waals surface area contributed by atoms with Gasteiger partial charge in [-0.2, -0.15) is 0 Å². The van der Waals surface area contributed by atoms with Crippen molar-refractivity contribution in [1.82, 2.24) is 0 Å². The van der Waals surface area contributed by atoms with E-state index >= 15 is 4.39 Å². The van der Waals surface area contributed by atoms with Gasteiger partial charge in [0.15, 0.2) is 0 Å². The van der Waals surface area contributed by atoms with Crippen molar-refractivity contribution in [2.24, 2.45) is 0 Å². The Kier molecular flexibility index (Phi) is 16.3. The van der Waals surface area contributed by atoms with Crippen LogP contribution in [-0.4, -0.2) is 17.1 Å². The quantitative estimate of drug-likeness (QED) is 0.143. The van der Waals surface area contributed by atoms with Crippen LogP contribution in [0.1, 0.15) is 193 Å². The van der Waals surface area contributed by atoms with Crippen LogP contribution in [-0.2, 0) is 16.2 Å². The minimum atomic E-state index is -2.35. The van der Waals surface area contributed by atoms with Crippen LogP contribution in [0.25, 0.3) is 44.5 Å². The molecule has 0 N–H and O–H groups in total. The van der Waals surface area contributed by atoms with Crippen molar-refractivity contribution < 1.29 is 8.50 Å². The molecule has 0 saturated heterocycles. The van der Waals surface area contributed by atoms with Crippen molar-refractivity contribution in [3.63, 3.8) is 0 Å². The molecule has 3 aliphatic carbocycles. The van der Waals surface area contributed by atoms with E-state index in [0.717, 1.165) is 27.8 Å². The van der Waals surface area contributed by atoms with Crippen molar-refractivity contribution in [3.8, 4) is 44.5 Å². The smallest absolute Gasteiger partial charge is 0.147 e. The summed E-state index contributed by atoms with van der Waals surface area (Å²) in [6.07, 6.45) is 0. The lowest BCUT2D eigenvalue weighted by Crippen LogP contribution is -2.38. The summed E-state index contributed by atoms with van der Waals surface area (Å²) in [6.45, 7) is 44.9. The molecule has 0 aromatic heterocycles. The third kappa shape index (κ3) is 12.0. The first-order valence-corrected chi connectivity index (χ1v) is 33.7. The Labute approximate surface area is 562 Å². The Balaban J connectivity index is 0.000000147. The van der Waals surface area contributed by atoms with Crippen LogP contribution in [0.3, 0.4) is 0 Å². The number of hydrogen-bond donors (Lipinski definition) is 0. The third-order valence-corrected chi connectivity index (χ3v) is 20.2. The molecule has 10 aromatic carbocycles. The van der Waals surface area contributed by atoms with Crippen molar-refractivity contribution in [1.29, 1.82) is 0 Å². The third-order valence-electron chi connectivity index (χ3n) is 20.2. The maximum absolute atomic E-state index is 16.0. The molecule has 3 nitrogen and oxygen atoms in total. The molecule has 10 aromatic rings. The van der Waals surface area contributed by atoms with E-state index in [1.807, 2.05) is 85.5 Å². The van der Waals surface area contributed by atoms with Gasteiger partial charge in [0.2, 0.25) is 0 Å². The summed E-state index contributed by atoms with van der Waals surface area (Å²) < 4.78 is 40.6. The van der Waals surface area contributed by atoms with E-state index < -0.39 is 6.85 Å². The molecule has 93 heavy (non-hydrogen) atoms. The molecule has 0 radical (unpaired) electrons. The molecule has 0 atom stereocenters. The molecule has 478 valence electrons. The average molecular weight is 1230 g/mol. The highest BCUT2D eigenvalue weighted by Crippen LogP contribution is 2.55. The zero-order valence-corrected chi connectivity index (χ0v) is 59.3. The van der Waals surface area contributed by atoms with Crippen LogP contribution in [0.2, 0.25) is 0 Å². The monoisotopic (exact) mass is 1230 g/mol. The van der Waals surface area contributed by atoms with Gasteiger partial charge in [-0.3, -0.25) is 0 Å². The summed E-state index contributed by atoms with van der Waals surface area (Å²) in [7, 11) is 0. The minimum Gasteiger partial charge on any atom is -0.336 e. The molecule has 13 rings (SSSR count). The zero-order chi connectivity index (χ0) is 69.7. The summed E-state index contributed by atoms with van der Waals surface area (Å²) in [5, 5.41) is 0. The van der Waals surface area contributed by atoms with Gasteiger partial charge in [-0.15, -0.1) is 0 Å². The number of anilines is 6. The van der Waals surface area contributed by atoms with Gasteiger partial charge in [-0.1, -0.05) is 200 Å².